The van der Waals surface area contributed by atoms with Gasteiger partial charge in [-0.05, 0) is 118 Å². The van der Waals surface area contributed by atoms with Gasteiger partial charge < -0.3 is 0 Å². The zero-order chi connectivity index (χ0) is 28.0. The molecule has 6 aromatic carbocycles. The van der Waals surface area contributed by atoms with Gasteiger partial charge in [-0.25, -0.2) is 0 Å². The lowest BCUT2D eigenvalue weighted by Gasteiger charge is -2.26. The van der Waals surface area contributed by atoms with E-state index in [1.807, 2.05) is 0 Å². The van der Waals surface area contributed by atoms with Crippen molar-refractivity contribution in [2.75, 3.05) is 0 Å². The molecule has 0 spiro atoms. The molecule has 0 aliphatic carbocycles. The summed E-state index contributed by atoms with van der Waals surface area (Å²) in [7, 11) is 0. The Bertz CT molecular complexity index is 1810. The predicted molar refractivity (Wildman–Crippen MR) is 178 cm³/mol. The molecule has 196 valence electrons. The molecular formula is C40H36. The molecule has 40 heavy (non-hydrogen) atoms. The molecule has 0 nitrogen and oxygen atoms in total. The van der Waals surface area contributed by atoms with E-state index >= 15 is 0 Å². The number of rotatable bonds is 4. The van der Waals surface area contributed by atoms with Crippen LogP contribution < -0.4 is 0 Å². The molecule has 0 saturated carbocycles. The van der Waals surface area contributed by atoms with Gasteiger partial charge in [-0.1, -0.05) is 120 Å². The zero-order valence-corrected chi connectivity index (χ0v) is 24.4. The first kappa shape index (κ1) is 25.8. The van der Waals surface area contributed by atoms with Crippen LogP contribution in [0.5, 0.6) is 0 Å². The van der Waals surface area contributed by atoms with E-state index < -0.39 is 0 Å². The fourth-order valence-corrected chi connectivity index (χ4v) is 6.22. The fourth-order valence-electron chi connectivity index (χ4n) is 6.22. The minimum atomic E-state index is 1.25. The molecule has 6 rings (SSSR count). The van der Waals surface area contributed by atoms with Crippen molar-refractivity contribution in [3.05, 3.63) is 131 Å². The van der Waals surface area contributed by atoms with E-state index in [0.717, 1.165) is 0 Å². The summed E-state index contributed by atoms with van der Waals surface area (Å²) >= 11 is 0. The number of hydrogen-bond acceptors (Lipinski definition) is 0. The van der Waals surface area contributed by atoms with Crippen LogP contribution in [0.15, 0.2) is 120 Å². The van der Waals surface area contributed by atoms with Crippen LogP contribution in [0.3, 0.4) is 0 Å². The van der Waals surface area contributed by atoms with Crippen LogP contribution >= 0.6 is 0 Å². The molecule has 0 aromatic heterocycles. The SMILES string of the molecule is CC(C)=C(C)c1c2ccccc2c(C(C)=C(C)C)c2c(-c3ccccc3)c3ccccc3c(-c3ccccc3)c12. The summed E-state index contributed by atoms with van der Waals surface area (Å²) in [6, 6.07) is 40.0. The first-order valence-corrected chi connectivity index (χ1v) is 14.2. The smallest absolute Gasteiger partial charge is 0.000489 e. The first-order valence-electron chi connectivity index (χ1n) is 14.2. The van der Waals surface area contributed by atoms with E-state index in [0.29, 0.717) is 0 Å². The van der Waals surface area contributed by atoms with Crippen LogP contribution in [0.1, 0.15) is 52.7 Å². The number of allylic oxidation sites excluding steroid dienone is 4. The quantitative estimate of drug-likeness (QED) is 0.204. The molecule has 0 unspecified atom stereocenters. The third-order valence-corrected chi connectivity index (χ3v) is 8.56. The van der Waals surface area contributed by atoms with E-state index in [2.05, 4.69) is 151 Å². The van der Waals surface area contributed by atoms with Gasteiger partial charge in [-0.2, -0.15) is 0 Å². The van der Waals surface area contributed by atoms with Gasteiger partial charge in [0, 0.05) is 0 Å². The Hall–Kier alpha value is -4.42. The summed E-state index contributed by atoms with van der Waals surface area (Å²) < 4.78 is 0. The van der Waals surface area contributed by atoms with Gasteiger partial charge in [0.1, 0.15) is 0 Å². The average Bonchev–Trinajstić information content (AvgIpc) is 2.98. The van der Waals surface area contributed by atoms with E-state index in [1.54, 1.807) is 0 Å². The van der Waals surface area contributed by atoms with Crippen molar-refractivity contribution in [3.8, 4) is 22.3 Å². The summed E-state index contributed by atoms with van der Waals surface area (Å²) in [4.78, 5) is 0. The van der Waals surface area contributed by atoms with E-state index in [4.69, 9.17) is 0 Å². The Balaban J connectivity index is 2.10. The van der Waals surface area contributed by atoms with Gasteiger partial charge in [0.25, 0.3) is 0 Å². The zero-order valence-electron chi connectivity index (χ0n) is 24.4. The highest BCUT2D eigenvalue weighted by Crippen LogP contribution is 2.51. The third kappa shape index (κ3) is 4.07. The normalized spacial score (nSPS) is 11.2. The Morgan fingerprint density at radius 1 is 0.350 bits per heavy atom. The van der Waals surface area contributed by atoms with Crippen molar-refractivity contribution in [3.63, 3.8) is 0 Å². The molecular weight excluding hydrogens is 480 g/mol. The predicted octanol–water partition coefficient (Wildman–Crippen LogP) is 12.1. The Labute approximate surface area is 238 Å². The molecule has 0 saturated heterocycles. The summed E-state index contributed by atoms with van der Waals surface area (Å²) in [6.45, 7) is 13.6. The molecule has 0 amide bonds. The third-order valence-electron chi connectivity index (χ3n) is 8.56. The van der Waals surface area contributed by atoms with Crippen LogP contribution in [0, 0.1) is 0 Å². The fraction of sp³-hybridized carbons (Fsp3) is 0.150. The number of hydrogen-bond donors (Lipinski definition) is 0. The van der Waals surface area contributed by atoms with Gasteiger partial charge in [0.05, 0.1) is 0 Å². The highest BCUT2D eigenvalue weighted by atomic mass is 14.3. The second kappa shape index (κ2) is 10.3. The van der Waals surface area contributed by atoms with Crippen molar-refractivity contribution >= 4 is 43.5 Å². The van der Waals surface area contributed by atoms with Gasteiger partial charge in [-0.15, -0.1) is 0 Å². The summed E-state index contributed by atoms with van der Waals surface area (Å²) in [5, 5.41) is 7.90. The monoisotopic (exact) mass is 516 g/mol. The van der Waals surface area contributed by atoms with Gasteiger partial charge in [-0.3, -0.25) is 0 Å². The lowest BCUT2D eigenvalue weighted by molar-refractivity contribution is 1.37. The Morgan fingerprint density at radius 2 is 0.650 bits per heavy atom. The van der Waals surface area contributed by atoms with Crippen molar-refractivity contribution in [1.82, 2.24) is 0 Å². The Kier molecular flexibility index (Phi) is 6.64. The highest BCUT2D eigenvalue weighted by Gasteiger charge is 2.25. The summed E-state index contributed by atoms with van der Waals surface area (Å²) in [5.74, 6) is 0. The van der Waals surface area contributed by atoms with Crippen molar-refractivity contribution in [2.45, 2.75) is 41.5 Å². The molecule has 0 fully saturated rings. The van der Waals surface area contributed by atoms with Crippen LogP contribution in [-0.2, 0) is 0 Å². The minimum Gasteiger partial charge on any atom is -0.0729 e. The van der Waals surface area contributed by atoms with E-state index in [9.17, 15) is 0 Å². The maximum absolute atomic E-state index is 2.32. The molecule has 0 radical (unpaired) electrons. The van der Waals surface area contributed by atoms with Gasteiger partial charge in [0.2, 0.25) is 0 Å². The molecule has 6 aromatic rings. The van der Waals surface area contributed by atoms with Crippen LogP contribution in [0.25, 0.3) is 65.7 Å². The van der Waals surface area contributed by atoms with E-state index in [-0.39, 0.29) is 0 Å². The van der Waals surface area contributed by atoms with Crippen molar-refractivity contribution in [2.24, 2.45) is 0 Å². The Morgan fingerprint density at radius 3 is 0.975 bits per heavy atom. The first-order chi connectivity index (χ1) is 19.4. The van der Waals surface area contributed by atoms with E-state index in [1.165, 1.54) is 88.0 Å². The molecule has 0 aliphatic rings. The lowest BCUT2D eigenvalue weighted by atomic mass is 9.77. The molecule has 0 heterocycles. The second-order valence-electron chi connectivity index (χ2n) is 11.3. The maximum atomic E-state index is 2.32. The lowest BCUT2D eigenvalue weighted by Crippen LogP contribution is -2.00. The van der Waals surface area contributed by atoms with Crippen molar-refractivity contribution in [1.29, 1.82) is 0 Å². The number of benzene rings is 6. The molecule has 0 heteroatoms. The number of fused-ring (bicyclic) bond motifs is 3. The largest absolute Gasteiger partial charge is 0.0729 e. The summed E-state index contributed by atoms with van der Waals surface area (Å²) in [5.41, 5.74) is 13.2. The average molecular weight is 517 g/mol. The standard InChI is InChI=1S/C40H36/c1-25(2)27(5)35-31-21-13-14-22-32(31)36(28(6)26(3)4)40-38(30-19-11-8-12-20-30)34-24-16-15-23-33(34)37(39(35)40)29-17-9-7-10-18-29/h7-24H,1-6H3. The van der Waals surface area contributed by atoms with Crippen LogP contribution in [-0.4, -0.2) is 0 Å². The van der Waals surface area contributed by atoms with Crippen molar-refractivity contribution < 1.29 is 0 Å². The molecule has 0 aliphatic heterocycles. The molecule has 0 bridgehead atoms. The van der Waals surface area contributed by atoms with Gasteiger partial charge in [0.15, 0.2) is 0 Å². The molecule has 0 atom stereocenters. The maximum Gasteiger partial charge on any atom is -0.000489 e. The van der Waals surface area contributed by atoms with Gasteiger partial charge >= 0.3 is 0 Å². The summed E-state index contributed by atoms with van der Waals surface area (Å²) in [6.07, 6.45) is 0. The van der Waals surface area contributed by atoms with Crippen LogP contribution in [0.4, 0.5) is 0 Å². The van der Waals surface area contributed by atoms with Crippen LogP contribution in [0.2, 0.25) is 0 Å². The highest BCUT2D eigenvalue weighted by molar-refractivity contribution is 6.30. The second-order valence-corrected chi connectivity index (χ2v) is 11.3. The minimum absolute atomic E-state index is 1.25. The molecule has 0 N–H and O–H groups in total. The topological polar surface area (TPSA) is 0 Å².